The van der Waals surface area contributed by atoms with Gasteiger partial charge in [0.15, 0.2) is 6.61 Å². The van der Waals surface area contributed by atoms with Crippen molar-refractivity contribution in [1.29, 1.82) is 0 Å². The maximum atomic E-state index is 10.0. The Bertz CT molecular complexity index is 235. The largest absolute Gasteiger partial charge is 0.482 e. The summed E-state index contributed by atoms with van der Waals surface area (Å²) in [6.07, 6.45) is 0. The fraction of sp³-hybridized carbons (Fsp3) is 0.125. The van der Waals surface area contributed by atoms with E-state index in [0.29, 0.717) is 5.75 Å². The van der Waals surface area contributed by atoms with Crippen molar-refractivity contribution in [2.24, 2.45) is 0 Å². The predicted molar refractivity (Wildman–Crippen MR) is 42.1 cm³/mol. The van der Waals surface area contributed by atoms with Gasteiger partial charge in [-0.15, -0.1) is 0 Å². The van der Waals surface area contributed by atoms with Crippen LogP contribution in [0.5, 0.6) is 5.75 Å². The molecule has 0 bridgehead atoms. The molecule has 0 aliphatic heterocycles. The van der Waals surface area contributed by atoms with Crippen LogP contribution in [0.4, 0.5) is 4.70 Å². The Morgan fingerprint density at radius 1 is 1.33 bits per heavy atom. The molecule has 0 unspecified atom stereocenters. The van der Waals surface area contributed by atoms with E-state index in [4.69, 9.17) is 9.84 Å². The lowest BCUT2D eigenvalue weighted by Gasteiger charge is -2.00. The van der Waals surface area contributed by atoms with E-state index in [1.54, 1.807) is 24.3 Å². The summed E-state index contributed by atoms with van der Waals surface area (Å²) in [5.74, 6) is -0.385. The quantitative estimate of drug-likeness (QED) is 0.747. The minimum Gasteiger partial charge on any atom is -0.482 e. The van der Waals surface area contributed by atoms with E-state index >= 15 is 0 Å². The zero-order chi connectivity index (χ0) is 8.10. The number of carbonyl (C=O) groups is 1. The van der Waals surface area contributed by atoms with Crippen LogP contribution in [0.25, 0.3) is 0 Å². The molecule has 0 atom stereocenters. The number of carboxylic acid groups (broad SMARTS) is 1. The Morgan fingerprint density at radius 3 is 2.42 bits per heavy atom. The number of halogens is 1. The van der Waals surface area contributed by atoms with Crippen molar-refractivity contribution >= 4 is 5.97 Å². The fourth-order valence-electron chi connectivity index (χ4n) is 0.662. The number of carboxylic acids is 1. The average molecular weight is 172 g/mol. The molecule has 66 valence electrons. The highest BCUT2D eigenvalue weighted by Gasteiger charge is 1.96. The van der Waals surface area contributed by atoms with Gasteiger partial charge in [-0.1, -0.05) is 18.2 Å². The van der Waals surface area contributed by atoms with Gasteiger partial charge in [0, 0.05) is 0 Å². The molecule has 0 spiro atoms. The van der Waals surface area contributed by atoms with Gasteiger partial charge < -0.3 is 9.84 Å². The lowest BCUT2D eigenvalue weighted by atomic mass is 10.3. The van der Waals surface area contributed by atoms with Gasteiger partial charge in [0.2, 0.25) is 0 Å². The van der Waals surface area contributed by atoms with Crippen LogP contribution in [0, 0.1) is 0 Å². The van der Waals surface area contributed by atoms with Crippen molar-refractivity contribution in [3.05, 3.63) is 30.3 Å². The van der Waals surface area contributed by atoms with E-state index in [2.05, 4.69) is 0 Å². The number of hydrogen-bond donors (Lipinski definition) is 1. The minimum atomic E-state index is -0.964. The lowest BCUT2D eigenvalue weighted by Crippen LogP contribution is -2.09. The summed E-state index contributed by atoms with van der Waals surface area (Å²) in [5.41, 5.74) is 0. The number of hydrogen-bond acceptors (Lipinski definition) is 2. The molecule has 0 saturated heterocycles. The Labute approximate surface area is 69.0 Å². The summed E-state index contributed by atoms with van der Waals surface area (Å²) in [4.78, 5) is 10.0. The molecule has 1 aromatic rings. The summed E-state index contributed by atoms with van der Waals surface area (Å²) in [5, 5.41) is 8.25. The highest BCUT2D eigenvalue weighted by Crippen LogP contribution is 2.07. The fourth-order valence-corrected chi connectivity index (χ4v) is 0.662. The van der Waals surface area contributed by atoms with Crippen molar-refractivity contribution in [2.75, 3.05) is 6.61 Å². The van der Waals surface area contributed by atoms with Crippen molar-refractivity contribution in [3.8, 4) is 5.75 Å². The molecule has 0 saturated carbocycles. The molecule has 0 aromatic heterocycles. The number of rotatable bonds is 3. The molecule has 0 aliphatic carbocycles. The van der Waals surface area contributed by atoms with Gasteiger partial charge in [0.1, 0.15) is 5.75 Å². The molecule has 12 heavy (non-hydrogen) atoms. The van der Waals surface area contributed by atoms with Crippen LogP contribution in [-0.4, -0.2) is 17.7 Å². The van der Waals surface area contributed by atoms with Crippen LogP contribution in [0.3, 0.4) is 0 Å². The molecule has 0 fully saturated rings. The molecule has 0 aliphatic rings. The first-order chi connectivity index (χ1) is 5.29. The Morgan fingerprint density at radius 2 is 1.92 bits per heavy atom. The monoisotopic (exact) mass is 172 g/mol. The van der Waals surface area contributed by atoms with Crippen LogP contribution in [0.15, 0.2) is 30.3 Å². The Hall–Kier alpha value is -1.58. The summed E-state index contributed by atoms with van der Waals surface area (Å²) < 4.78 is 4.87. The summed E-state index contributed by atoms with van der Waals surface area (Å²) in [6.45, 7) is -0.288. The zero-order valence-electron chi connectivity index (χ0n) is 6.27. The average Bonchev–Trinajstić information content (AvgIpc) is 2.03. The van der Waals surface area contributed by atoms with E-state index in [-0.39, 0.29) is 11.3 Å². The van der Waals surface area contributed by atoms with Gasteiger partial charge in [-0.3, -0.25) is 4.70 Å². The second-order valence-electron chi connectivity index (χ2n) is 2.00. The second kappa shape index (κ2) is 5.12. The van der Waals surface area contributed by atoms with Gasteiger partial charge in [-0.05, 0) is 12.1 Å². The number of para-hydroxylation sites is 1. The summed E-state index contributed by atoms with van der Waals surface area (Å²) in [7, 11) is 0. The third-order valence-electron chi connectivity index (χ3n) is 1.11. The van der Waals surface area contributed by atoms with Crippen molar-refractivity contribution < 1.29 is 19.3 Å². The van der Waals surface area contributed by atoms with Gasteiger partial charge in [0.25, 0.3) is 0 Å². The molecule has 0 radical (unpaired) electrons. The predicted octanol–water partition coefficient (Wildman–Crippen LogP) is 1.30. The Kier molecular flexibility index (Phi) is 4.45. The molecular formula is C8H9FO3. The lowest BCUT2D eigenvalue weighted by molar-refractivity contribution is -0.139. The second-order valence-corrected chi connectivity index (χ2v) is 2.00. The minimum absolute atomic E-state index is 0. The van der Waals surface area contributed by atoms with Gasteiger partial charge in [-0.2, -0.15) is 0 Å². The molecule has 1 aromatic carbocycles. The first kappa shape index (κ1) is 10.4. The van der Waals surface area contributed by atoms with E-state index in [9.17, 15) is 4.79 Å². The highest BCUT2D eigenvalue weighted by molar-refractivity contribution is 5.68. The first-order valence-corrected chi connectivity index (χ1v) is 3.18. The van der Waals surface area contributed by atoms with Crippen LogP contribution < -0.4 is 4.74 Å². The van der Waals surface area contributed by atoms with Crippen LogP contribution >= 0.6 is 0 Å². The third kappa shape index (κ3) is 3.55. The van der Waals surface area contributed by atoms with Gasteiger partial charge in [0.05, 0.1) is 0 Å². The van der Waals surface area contributed by atoms with Crippen molar-refractivity contribution in [1.82, 2.24) is 0 Å². The standard InChI is InChI=1S/C8H8O3.FH/c9-8(10)6-11-7-4-2-1-3-5-7;/h1-5H,6H2,(H,9,10);1H. The molecule has 4 heteroatoms. The molecule has 1 N–H and O–H groups in total. The number of benzene rings is 1. The van der Waals surface area contributed by atoms with Crippen molar-refractivity contribution in [3.63, 3.8) is 0 Å². The number of ether oxygens (including phenoxy) is 1. The van der Waals surface area contributed by atoms with Gasteiger partial charge >= 0.3 is 5.97 Å². The maximum absolute atomic E-state index is 10.0. The molecule has 0 heterocycles. The first-order valence-electron chi connectivity index (χ1n) is 3.18. The molecular weight excluding hydrogens is 163 g/mol. The summed E-state index contributed by atoms with van der Waals surface area (Å²) >= 11 is 0. The molecule has 0 amide bonds. The zero-order valence-corrected chi connectivity index (χ0v) is 6.27. The van der Waals surface area contributed by atoms with E-state index in [1.807, 2.05) is 6.07 Å². The van der Waals surface area contributed by atoms with Crippen LogP contribution in [0.2, 0.25) is 0 Å². The molecule has 3 nitrogen and oxygen atoms in total. The third-order valence-corrected chi connectivity index (χ3v) is 1.11. The topological polar surface area (TPSA) is 46.5 Å². The maximum Gasteiger partial charge on any atom is 0.341 e. The SMILES string of the molecule is F.O=C(O)COc1ccccc1. The smallest absolute Gasteiger partial charge is 0.341 e. The van der Waals surface area contributed by atoms with E-state index in [1.165, 1.54) is 0 Å². The highest BCUT2D eigenvalue weighted by atomic mass is 19.0. The Balaban J connectivity index is 0.00000121. The van der Waals surface area contributed by atoms with Crippen LogP contribution in [0.1, 0.15) is 0 Å². The normalized spacial score (nSPS) is 8.33. The molecule has 1 rings (SSSR count). The van der Waals surface area contributed by atoms with Crippen LogP contribution in [-0.2, 0) is 4.79 Å². The summed E-state index contributed by atoms with van der Waals surface area (Å²) in [6, 6.07) is 8.84. The van der Waals surface area contributed by atoms with E-state index < -0.39 is 5.97 Å². The van der Waals surface area contributed by atoms with Gasteiger partial charge in [-0.25, -0.2) is 4.79 Å². The van der Waals surface area contributed by atoms with Crippen molar-refractivity contribution in [2.45, 2.75) is 0 Å². The number of aliphatic carboxylic acids is 1. The van der Waals surface area contributed by atoms with E-state index in [0.717, 1.165) is 0 Å².